The molecule has 0 fully saturated rings. The smallest absolute Gasteiger partial charge is 0.462 e. The molecular formula is C84H147NO8P+. The van der Waals surface area contributed by atoms with Gasteiger partial charge in [-0.15, -0.1) is 0 Å². The van der Waals surface area contributed by atoms with Crippen LogP contribution in [0.15, 0.2) is 134 Å². The fourth-order valence-electron chi connectivity index (χ4n) is 10.8. The Labute approximate surface area is 581 Å². The average Bonchev–Trinajstić information content (AvgIpc) is 1.66. The third-order valence-electron chi connectivity index (χ3n) is 16.7. The van der Waals surface area contributed by atoms with Crippen LogP contribution in [-0.2, 0) is 32.7 Å². The van der Waals surface area contributed by atoms with Crippen LogP contribution in [0.25, 0.3) is 0 Å². The Morgan fingerprint density at radius 3 is 0.851 bits per heavy atom. The lowest BCUT2D eigenvalue weighted by Crippen LogP contribution is -2.37. The van der Waals surface area contributed by atoms with Crippen LogP contribution in [0.5, 0.6) is 0 Å². The first-order valence-corrected chi connectivity index (χ1v) is 40.4. The van der Waals surface area contributed by atoms with Crippen LogP contribution in [-0.4, -0.2) is 74.9 Å². The first kappa shape index (κ1) is 90.2. The highest BCUT2D eigenvalue weighted by Gasteiger charge is 2.27. The predicted octanol–water partition coefficient (Wildman–Crippen LogP) is 25.9. The summed E-state index contributed by atoms with van der Waals surface area (Å²) in [5.74, 6) is -0.797. The van der Waals surface area contributed by atoms with Gasteiger partial charge in [0.25, 0.3) is 0 Å². The van der Waals surface area contributed by atoms with E-state index in [9.17, 15) is 19.0 Å². The first-order chi connectivity index (χ1) is 46.0. The van der Waals surface area contributed by atoms with Gasteiger partial charge in [0.1, 0.15) is 19.8 Å². The van der Waals surface area contributed by atoms with Crippen molar-refractivity contribution in [2.24, 2.45) is 0 Å². The number of quaternary nitrogens is 1. The molecule has 9 nitrogen and oxygen atoms in total. The molecule has 10 heteroatoms. The molecule has 0 saturated heterocycles. The van der Waals surface area contributed by atoms with Gasteiger partial charge in [-0.2, -0.15) is 0 Å². The van der Waals surface area contributed by atoms with E-state index < -0.39 is 26.5 Å². The number of likely N-dealkylation sites (N-methyl/N-ethyl adjacent to an activating group) is 1. The van der Waals surface area contributed by atoms with E-state index in [1.54, 1.807) is 0 Å². The number of allylic oxidation sites excluding steroid dienone is 22. The summed E-state index contributed by atoms with van der Waals surface area (Å²) in [4.78, 5) is 36.0. The molecule has 0 amide bonds. The van der Waals surface area contributed by atoms with Crippen molar-refractivity contribution in [3.8, 4) is 0 Å². The molecule has 0 aliphatic carbocycles. The van der Waals surface area contributed by atoms with Gasteiger partial charge in [-0.05, 0) is 109 Å². The number of unbranched alkanes of at least 4 members (excludes halogenated alkanes) is 35. The first-order valence-electron chi connectivity index (χ1n) is 38.9. The minimum atomic E-state index is -4.40. The zero-order chi connectivity index (χ0) is 68.3. The third-order valence-corrected chi connectivity index (χ3v) is 17.7. The summed E-state index contributed by atoms with van der Waals surface area (Å²) in [6.07, 6.45) is 107. The molecule has 0 aliphatic heterocycles. The van der Waals surface area contributed by atoms with Crippen molar-refractivity contribution >= 4 is 19.8 Å². The van der Waals surface area contributed by atoms with E-state index in [0.29, 0.717) is 17.4 Å². The van der Waals surface area contributed by atoms with E-state index in [0.717, 1.165) is 116 Å². The van der Waals surface area contributed by atoms with E-state index in [2.05, 4.69) is 148 Å². The summed E-state index contributed by atoms with van der Waals surface area (Å²) in [5.41, 5.74) is 0. The van der Waals surface area contributed by atoms with E-state index >= 15 is 0 Å². The van der Waals surface area contributed by atoms with Crippen LogP contribution >= 0.6 is 7.82 Å². The van der Waals surface area contributed by atoms with Gasteiger partial charge in [0.05, 0.1) is 27.7 Å². The molecule has 0 spiro atoms. The Hall–Kier alpha value is -3.85. The number of carbonyl (C=O) groups excluding carboxylic acids is 2. The Morgan fingerprint density at radius 2 is 0.574 bits per heavy atom. The predicted molar refractivity (Wildman–Crippen MR) is 408 cm³/mol. The summed E-state index contributed by atoms with van der Waals surface area (Å²) in [6, 6.07) is 0. The molecule has 540 valence electrons. The minimum Gasteiger partial charge on any atom is -0.462 e. The third kappa shape index (κ3) is 77.2. The molecule has 0 heterocycles. The number of rotatable bonds is 71. The summed E-state index contributed by atoms with van der Waals surface area (Å²) in [6.45, 7) is 4.23. The maximum atomic E-state index is 12.9. The highest BCUT2D eigenvalue weighted by molar-refractivity contribution is 7.47. The van der Waals surface area contributed by atoms with Gasteiger partial charge in [0.15, 0.2) is 6.10 Å². The number of esters is 2. The lowest BCUT2D eigenvalue weighted by Gasteiger charge is -2.24. The minimum absolute atomic E-state index is 0.0265. The maximum Gasteiger partial charge on any atom is 0.472 e. The Balaban J connectivity index is 3.97. The fourth-order valence-corrected chi connectivity index (χ4v) is 11.6. The fraction of sp³-hybridized carbons (Fsp3) is 0.714. The highest BCUT2D eigenvalue weighted by Crippen LogP contribution is 2.43. The van der Waals surface area contributed by atoms with Gasteiger partial charge in [0.2, 0.25) is 0 Å². The number of nitrogens with zero attached hydrogens (tertiary/aromatic N) is 1. The number of ether oxygens (including phenoxy) is 2. The second-order valence-corrected chi connectivity index (χ2v) is 28.4. The number of phosphoric acid groups is 1. The molecule has 0 aromatic rings. The summed E-state index contributed by atoms with van der Waals surface area (Å²) < 4.78 is 34.8. The second kappa shape index (κ2) is 73.4. The molecule has 94 heavy (non-hydrogen) atoms. The Bertz CT molecular complexity index is 2050. The Kier molecular flexibility index (Phi) is 70.4. The van der Waals surface area contributed by atoms with E-state index in [1.807, 2.05) is 21.1 Å². The van der Waals surface area contributed by atoms with Crippen molar-refractivity contribution in [1.29, 1.82) is 0 Å². The van der Waals surface area contributed by atoms with Crippen molar-refractivity contribution in [1.82, 2.24) is 0 Å². The van der Waals surface area contributed by atoms with Crippen LogP contribution < -0.4 is 0 Å². The molecule has 0 aromatic carbocycles. The SMILES string of the molecule is CC/C=C\C/C=C\C/C=C\C/C=C\C/C=C\C/C=C\C/C=C\CCCCCCCCCCCC(=O)OC(COC(=O)CCCCCCCCCCCCCCCCCCCCCCCCCCCC/C=C\C/C=C\C/C=C\C/C=C\CC)COP(=O)(O)OCC[N+](C)(C)C. The number of carbonyl (C=O) groups is 2. The van der Waals surface area contributed by atoms with E-state index in [-0.39, 0.29) is 32.0 Å². The zero-order valence-electron chi connectivity index (χ0n) is 61.7. The van der Waals surface area contributed by atoms with Crippen molar-refractivity contribution in [2.45, 2.75) is 341 Å². The molecular weight excluding hydrogens is 1180 g/mol. The number of phosphoric ester groups is 1. The molecule has 0 radical (unpaired) electrons. The average molecular weight is 1330 g/mol. The van der Waals surface area contributed by atoms with Gasteiger partial charge < -0.3 is 18.9 Å². The van der Waals surface area contributed by atoms with Crippen LogP contribution in [0.2, 0.25) is 0 Å². The quantitative estimate of drug-likeness (QED) is 0.0211. The molecule has 2 unspecified atom stereocenters. The van der Waals surface area contributed by atoms with Crippen molar-refractivity contribution < 1.29 is 42.1 Å². The normalized spacial score (nSPS) is 13.8. The van der Waals surface area contributed by atoms with Crippen molar-refractivity contribution in [3.63, 3.8) is 0 Å². The molecule has 1 N–H and O–H groups in total. The zero-order valence-corrected chi connectivity index (χ0v) is 62.6. The van der Waals surface area contributed by atoms with Crippen LogP contribution in [0.1, 0.15) is 335 Å². The van der Waals surface area contributed by atoms with Gasteiger partial charge in [0, 0.05) is 12.8 Å². The van der Waals surface area contributed by atoms with Crippen LogP contribution in [0.4, 0.5) is 0 Å². The highest BCUT2D eigenvalue weighted by atomic mass is 31.2. The van der Waals surface area contributed by atoms with Crippen LogP contribution in [0.3, 0.4) is 0 Å². The van der Waals surface area contributed by atoms with Gasteiger partial charge >= 0.3 is 19.8 Å². The van der Waals surface area contributed by atoms with Gasteiger partial charge in [-0.25, -0.2) is 4.57 Å². The van der Waals surface area contributed by atoms with Crippen molar-refractivity contribution in [3.05, 3.63) is 134 Å². The van der Waals surface area contributed by atoms with Gasteiger partial charge in [-0.3, -0.25) is 18.6 Å². The maximum absolute atomic E-state index is 12.9. The second-order valence-electron chi connectivity index (χ2n) is 27.0. The van der Waals surface area contributed by atoms with Crippen LogP contribution in [0, 0.1) is 0 Å². The summed E-state index contributed by atoms with van der Waals surface area (Å²) in [5, 5.41) is 0. The monoisotopic (exact) mass is 1330 g/mol. The standard InChI is InChI=1S/C84H146NO8P/c1-6-8-10-12-14-16-18-20-22-24-26-28-30-32-34-36-38-39-40-41-42-43-44-45-47-48-50-52-54-56-58-60-62-64-66-68-70-72-74-76-83(86)90-80-82(81-92-94(88,89)91-79-78-85(3,4)5)93-84(87)77-75-73-71-69-67-65-63-61-59-57-55-53-51-49-46-37-35-33-31-29-27-25-23-21-19-17-15-13-11-9-7-2/h8-11,14-17,20-23,26-29,33,35,46,49,53,55,82H,6-7,12-13,18-19,24-25,30-32,34,36-45,47-48,50-52,54,56-81H2,1-5H3/p+1/b10-8-,11-9-,16-14-,17-15-,22-20-,23-21-,28-26-,29-27-,35-33-,49-46-,55-53-. The molecule has 0 aromatic heterocycles. The largest absolute Gasteiger partial charge is 0.472 e. The topological polar surface area (TPSA) is 108 Å². The number of hydrogen-bond acceptors (Lipinski definition) is 7. The Morgan fingerprint density at radius 1 is 0.330 bits per heavy atom. The molecule has 0 aliphatic rings. The summed E-state index contributed by atoms with van der Waals surface area (Å²) in [7, 11) is 1.47. The molecule has 0 saturated carbocycles. The van der Waals surface area contributed by atoms with Crippen molar-refractivity contribution in [2.75, 3.05) is 47.5 Å². The number of hydrogen-bond donors (Lipinski definition) is 1. The van der Waals surface area contributed by atoms with E-state index in [4.69, 9.17) is 18.5 Å². The lowest BCUT2D eigenvalue weighted by molar-refractivity contribution is -0.870. The lowest BCUT2D eigenvalue weighted by atomic mass is 10.0. The summed E-state index contributed by atoms with van der Waals surface area (Å²) >= 11 is 0. The van der Waals surface area contributed by atoms with E-state index in [1.165, 1.54) is 186 Å². The molecule has 0 rings (SSSR count). The molecule has 0 bridgehead atoms. The van der Waals surface area contributed by atoms with Gasteiger partial charge in [-0.1, -0.05) is 347 Å². The molecule has 2 atom stereocenters.